The first kappa shape index (κ1) is 10.4. The van der Waals surface area contributed by atoms with Crippen molar-refractivity contribution in [1.29, 1.82) is 0 Å². The minimum atomic E-state index is -0.427. The molecule has 0 aromatic heterocycles. The van der Waals surface area contributed by atoms with Crippen LogP contribution in [0.3, 0.4) is 0 Å². The highest BCUT2D eigenvalue weighted by atomic mass is 16.5. The molecule has 14 heavy (non-hydrogen) atoms. The van der Waals surface area contributed by atoms with Gasteiger partial charge in [-0.05, 0) is 25.1 Å². The minimum Gasteiger partial charge on any atom is -0.497 e. The molecule has 76 valence electrons. The number of hydrogen-bond acceptors (Lipinski definition) is 4. The number of nitrogens with two attached hydrogens (primary N) is 1. The first-order valence-corrected chi connectivity index (χ1v) is 4.29. The maximum absolute atomic E-state index is 11.4. The van der Waals surface area contributed by atoms with Gasteiger partial charge in [-0.25, -0.2) is 4.79 Å². The highest BCUT2D eigenvalue weighted by Crippen LogP contribution is 2.20. The third kappa shape index (κ3) is 2.16. The van der Waals surface area contributed by atoms with Crippen LogP contribution < -0.4 is 10.5 Å². The molecule has 2 N–H and O–H groups in total. The number of ether oxygens (including phenoxy) is 2. The zero-order valence-electron chi connectivity index (χ0n) is 8.24. The molecule has 0 aliphatic carbocycles. The third-order valence-corrected chi connectivity index (χ3v) is 1.76. The summed E-state index contributed by atoms with van der Waals surface area (Å²) in [6.07, 6.45) is 0. The Morgan fingerprint density at radius 3 is 2.79 bits per heavy atom. The average Bonchev–Trinajstić information content (AvgIpc) is 2.19. The van der Waals surface area contributed by atoms with Gasteiger partial charge in [0.25, 0.3) is 0 Å². The van der Waals surface area contributed by atoms with Gasteiger partial charge in [0.1, 0.15) is 5.75 Å². The molecule has 0 fully saturated rings. The number of carbonyl (C=O) groups excluding carboxylic acids is 1. The second kappa shape index (κ2) is 4.50. The SMILES string of the molecule is CCOC(=O)c1cc(OC)ccc1N. The quantitative estimate of drug-likeness (QED) is 0.585. The number of carbonyl (C=O) groups is 1. The van der Waals surface area contributed by atoms with Crippen LogP contribution in [-0.2, 0) is 4.74 Å². The zero-order valence-corrected chi connectivity index (χ0v) is 8.24. The summed E-state index contributed by atoms with van der Waals surface area (Å²) in [7, 11) is 1.53. The van der Waals surface area contributed by atoms with E-state index in [1.54, 1.807) is 25.1 Å². The van der Waals surface area contributed by atoms with Crippen LogP contribution in [0.15, 0.2) is 18.2 Å². The fourth-order valence-electron chi connectivity index (χ4n) is 1.05. The largest absolute Gasteiger partial charge is 0.497 e. The van der Waals surface area contributed by atoms with Crippen molar-refractivity contribution in [3.8, 4) is 5.75 Å². The molecule has 0 bridgehead atoms. The van der Waals surface area contributed by atoms with Crippen LogP contribution in [0.2, 0.25) is 0 Å². The molecule has 0 unspecified atom stereocenters. The maximum Gasteiger partial charge on any atom is 0.340 e. The molecule has 0 radical (unpaired) electrons. The third-order valence-electron chi connectivity index (χ3n) is 1.76. The molecule has 4 heteroatoms. The van der Waals surface area contributed by atoms with Crippen molar-refractivity contribution in [2.24, 2.45) is 0 Å². The molecule has 0 atom stereocenters. The first-order valence-electron chi connectivity index (χ1n) is 4.29. The molecule has 0 aliphatic rings. The Morgan fingerprint density at radius 1 is 1.50 bits per heavy atom. The van der Waals surface area contributed by atoms with Crippen molar-refractivity contribution < 1.29 is 14.3 Å². The number of nitrogen functional groups attached to an aromatic ring is 1. The van der Waals surface area contributed by atoms with Crippen LogP contribution in [0.25, 0.3) is 0 Å². The summed E-state index contributed by atoms with van der Waals surface area (Å²) in [6.45, 7) is 2.07. The summed E-state index contributed by atoms with van der Waals surface area (Å²) in [5.74, 6) is 0.158. The van der Waals surface area contributed by atoms with Crippen LogP contribution in [-0.4, -0.2) is 19.7 Å². The normalized spacial score (nSPS) is 9.57. The molecule has 0 heterocycles. The molecule has 1 aromatic carbocycles. The van der Waals surface area contributed by atoms with Gasteiger partial charge in [-0.15, -0.1) is 0 Å². The van der Waals surface area contributed by atoms with Crippen LogP contribution in [0.4, 0.5) is 5.69 Å². The number of esters is 1. The van der Waals surface area contributed by atoms with Gasteiger partial charge in [0.2, 0.25) is 0 Å². The first-order chi connectivity index (χ1) is 6.69. The molecule has 4 nitrogen and oxygen atoms in total. The predicted molar refractivity (Wildman–Crippen MR) is 53.4 cm³/mol. The van der Waals surface area contributed by atoms with Crippen molar-refractivity contribution in [3.63, 3.8) is 0 Å². The molecule has 0 saturated heterocycles. The Hall–Kier alpha value is -1.71. The number of methoxy groups -OCH3 is 1. The van der Waals surface area contributed by atoms with E-state index in [0.717, 1.165) is 0 Å². The summed E-state index contributed by atoms with van der Waals surface area (Å²) in [6, 6.07) is 4.87. The second-order valence-corrected chi connectivity index (χ2v) is 2.67. The van der Waals surface area contributed by atoms with E-state index >= 15 is 0 Å². The van der Waals surface area contributed by atoms with Crippen molar-refractivity contribution >= 4 is 11.7 Å². The van der Waals surface area contributed by atoms with Crippen LogP contribution in [0.5, 0.6) is 5.75 Å². The maximum atomic E-state index is 11.4. The lowest BCUT2D eigenvalue weighted by atomic mass is 10.2. The lowest BCUT2D eigenvalue weighted by Crippen LogP contribution is -2.08. The average molecular weight is 195 g/mol. The molecule has 0 aliphatic heterocycles. The van der Waals surface area contributed by atoms with Crippen molar-refractivity contribution in [2.75, 3.05) is 19.5 Å². The monoisotopic (exact) mass is 195 g/mol. The van der Waals surface area contributed by atoms with Gasteiger partial charge in [-0.1, -0.05) is 0 Å². The molecular formula is C10H13NO3. The van der Waals surface area contributed by atoms with E-state index in [2.05, 4.69) is 0 Å². The highest BCUT2D eigenvalue weighted by Gasteiger charge is 2.11. The Bertz CT molecular complexity index is 336. The second-order valence-electron chi connectivity index (χ2n) is 2.67. The van der Waals surface area contributed by atoms with Gasteiger partial charge in [0.15, 0.2) is 0 Å². The lowest BCUT2D eigenvalue weighted by molar-refractivity contribution is 0.0527. The van der Waals surface area contributed by atoms with Crippen LogP contribution in [0, 0.1) is 0 Å². The predicted octanol–water partition coefficient (Wildman–Crippen LogP) is 1.45. The number of anilines is 1. The van der Waals surface area contributed by atoms with Crippen molar-refractivity contribution in [3.05, 3.63) is 23.8 Å². The standard InChI is InChI=1S/C10H13NO3/c1-3-14-10(12)8-6-7(13-2)4-5-9(8)11/h4-6H,3,11H2,1-2H3. The summed E-state index contributed by atoms with van der Waals surface area (Å²) < 4.78 is 9.81. The van der Waals surface area contributed by atoms with Gasteiger partial charge in [0.05, 0.1) is 19.3 Å². The van der Waals surface area contributed by atoms with Crippen LogP contribution >= 0.6 is 0 Å². The van der Waals surface area contributed by atoms with E-state index in [1.807, 2.05) is 0 Å². The summed E-state index contributed by atoms with van der Waals surface area (Å²) in [4.78, 5) is 11.4. The number of hydrogen-bond donors (Lipinski definition) is 1. The summed E-state index contributed by atoms with van der Waals surface area (Å²) in [5.41, 5.74) is 6.35. The Kier molecular flexibility index (Phi) is 3.34. The van der Waals surface area contributed by atoms with Crippen molar-refractivity contribution in [2.45, 2.75) is 6.92 Å². The molecule has 1 rings (SSSR count). The zero-order chi connectivity index (χ0) is 10.6. The molecule has 1 aromatic rings. The molecule has 0 saturated carbocycles. The Balaban J connectivity index is 2.99. The summed E-state index contributed by atoms with van der Waals surface area (Å²) in [5, 5.41) is 0. The highest BCUT2D eigenvalue weighted by molar-refractivity contribution is 5.95. The smallest absolute Gasteiger partial charge is 0.340 e. The van der Waals surface area contributed by atoms with E-state index in [-0.39, 0.29) is 0 Å². The molecule has 0 amide bonds. The number of benzene rings is 1. The van der Waals surface area contributed by atoms with Crippen molar-refractivity contribution in [1.82, 2.24) is 0 Å². The Labute approximate surface area is 82.6 Å². The topological polar surface area (TPSA) is 61.5 Å². The van der Waals surface area contributed by atoms with E-state index in [0.29, 0.717) is 23.6 Å². The van der Waals surface area contributed by atoms with Gasteiger partial charge in [0, 0.05) is 5.69 Å². The van der Waals surface area contributed by atoms with Crippen LogP contribution in [0.1, 0.15) is 17.3 Å². The lowest BCUT2D eigenvalue weighted by Gasteiger charge is -2.06. The number of rotatable bonds is 3. The Morgan fingerprint density at radius 2 is 2.21 bits per heavy atom. The van der Waals surface area contributed by atoms with E-state index < -0.39 is 5.97 Å². The van der Waals surface area contributed by atoms with E-state index in [1.165, 1.54) is 7.11 Å². The fraction of sp³-hybridized carbons (Fsp3) is 0.300. The van der Waals surface area contributed by atoms with Gasteiger partial charge in [-0.2, -0.15) is 0 Å². The molecular weight excluding hydrogens is 182 g/mol. The molecule has 0 spiro atoms. The van der Waals surface area contributed by atoms with Gasteiger partial charge in [-0.3, -0.25) is 0 Å². The minimum absolute atomic E-state index is 0.329. The van der Waals surface area contributed by atoms with E-state index in [9.17, 15) is 4.79 Å². The summed E-state index contributed by atoms with van der Waals surface area (Å²) >= 11 is 0. The van der Waals surface area contributed by atoms with Gasteiger partial charge < -0.3 is 15.2 Å². The van der Waals surface area contributed by atoms with Gasteiger partial charge >= 0.3 is 5.97 Å². The fourth-order valence-corrected chi connectivity index (χ4v) is 1.05. The van der Waals surface area contributed by atoms with E-state index in [4.69, 9.17) is 15.2 Å².